The summed E-state index contributed by atoms with van der Waals surface area (Å²) in [4.78, 5) is 16.3. The van der Waals surface area contributed by atoms with Gasteiger partial charge in [0.05, 0.1) is 25.4 Å². The fraction of sp³-hybridized carbons (Fsp3) is 0.571. The molecular formula is C14H18F2N2O3. The highest BCUT2D eigenvalue weighted by atomic mass is 19.3. The van der Waals surface area contributed by atoms with Crippen molar-refractivity contribution in [1.29, 1.82) is 0 Å². The Morgan fingerprint density at radius 2 is 2.14 bits per heavy atom. The summed E-state index contributed by atoms with van der Waals surface area (Å²) in [5, 5.41) is 8.97. The van der Waals surface area contributed by atoms with Crippen LogP contribution in [-0.2, 0) is 9.53 Å². The van der Waals surface area contributed by atoms with Crippen molar-refractivity contribution < 1.29 is 23.4 Å². The third-order valence-corrected chi connectivity index (χ3v) is 3.42. The molecule has 1 heterocycles. The first-order valence-electron chi connectivity index (χ1n) is 6.73. The summed E-state index contributed by atoms with van der Waals surface area (Å²) in [6, 6.07) is 0. The summed E-state index contributed by atoms with van der Waals surface area (Å²) in [5.74, 6) is -3.42. The van der Waals surface area contributed by atoms with Crippen LogP contribution in [0.5, 0.6) is 0 Å². The van der Waals surface area contributed by atoms with Gasteiger partial charge in [0.1, 0.15) is 0 Å². The van der Waals surface area contributed by atoms with E-state index >= 15 is 0 Å². The number of halogens is 2. The number of likely N-dealkylation sites (tertiary alicyclic amines) is 1. The SMILES string of the molecule is C=C/C(=N\C(OCC1CC1)=C(/C)N1CC(F)(F)C1)C(=O)O. The molecule has 7 heteroatoms. The highest BCUT2D eigenvalue weighted by Gasteiger charge is 2.44. The number of hydrogen-bond donors (Lipinski definition) is 1. The predicted molar refractivity (Wildman–Crippen MR) is 73.2 cm³/mol. The maximum atomic E-state index is 12.9. The summed E-state index contributed by atoms with van der Waals surface area (Å²) in [7, 11) is 0. The highest BCUT2D eigenvalue weighted by molar-refractivity contribution is 6.40. The number of rotatable bonds is 7. The normalized spacial score (nSPS) is 22.2. The van der Waals surface area contributed by atoms with E-state index in [-0.39, 0.29) is 11.6 Å². The van der Waals surface area contributed by atoms with E-state index in [4.69, 9.17) is 9.84 Å². The lowest BCUT2D eigenvalue weighted by molar-refractivity contribution is -0.129. The van der Waals surface area contributed by atoms with Gasteiger partial charge in [0.25, 0.3) is 5.92 Å². The van der Waals surface area contributed by atoms with Crippen LogP contribution < -0.4 is 0 Å². The first-order chi connectivity index (χ1) is 9.82. The maximum absolute atomic E-state index is 12.9. The van der Waals surface area contributed by atoms with Gasteiger partial charge < -0.3 is 14.7 Å². The Balaban J connectivity index is 2.17. The minimum atomic E-state index is -2.71. The number of alkyl halides is 2. The third-order valence-electron chi connectivity index (χ3n) is 3.42. The molecule has 1 aliphatic heterocycles. The summed E-state index contributed by atoms with van der Waals surface area (Å²) in [5.41, 5.74) is 0.148. The Morgan fingerprint density at radius 1 is 1.52 bits per heavy atom. The number of carboxylic acid groups (broad SMARTS) is 1. The zero-order valence-corrected chi connectivity index (χ0v) is 11.8. The lowest BCUT2D eigenvalue weighted by atomic mass is 10.1. The molecule has 0 aromatic heterocycles. The van der Waals surface area contributed by atoms with Crippen LogP contribution in [0.1, 0.15) is 19.8 Å². The molecule has 0 spiro atoms. The fourth-order valence-electron chi connectivity index (χ4n) is 1.87. The van der Waals surface area contributed by atoms with Gasteiger partial charge in [0.2, 0.25) is 5.88 Å². The minimum Gasteiger partial charge on any atom is -0.477 e. The van der Waals surface area contributed by atoms with Gasteiger partial charge in [-0.05, 0) is 31.8 Å². The van der Waals surface area contributed by atoms with Crippen molar-refractivity contribution in [2.24, 2.45) is 10.9 Å². The van der Waals surface area contributed by atoms with Crippen LogP contribution in [0.3, 0.4) is 0 Å². The van der Waals surface area contributed by atoms with Crippen molar-refractivity contribution >= 4 is 11.7 Å². The van der Waals surface area contributed by atoms with Crippen molar-refractivity contribution in [2.75, 3.05) is 19.7 Å². The standard InChI is InChI=1S/C14H18F2N2O3/c1-3-11(13(19)20)17-12(21-6-10-4-5-10)9(2)18-7-14(15,16)8-18/h3,10H,1,4-8H2,2H3,(H,19,20)/b12-9-,17-11+. The minimum absolute atomic E-state index is 0.0784. The van der Waals surface area contributed by atoms with Crippen LogP contribution in [0.15, 0.2) is 29.2 Å². The summed E-state index contributed by atoms with van der Waals surface area (Å²) in [6.45, 7) is 4.60. The van der Waals surface area contributed by atoms with Gasteiger partial charge in [-0.15, -0.1) is 0 Å². The van der Waals surface area contributed by atoms with E-state index in [9.17, 15) is 13.6 Å². The fourth-order valence-corrected chi connectivity index (χ4v) is 1.87. The lowest BCUT2D eigenvalue weighted by Crippen LogP contribution is -2.55. The van der Waals surface area contributed by atoms with Crippen LogP contribution >= 0.6 is 0 Å². The molecule has 1 N–H and O–H groups in total. The van der Waals surface area contributed by atoms with Crippen molar-refractivity contribution in [2.45, 2.75) is 25.7 Å². The van der Waals surface area contributed by atoms with E-state index in [1.54, 1.807) is 6.92 Å². The zero-order chi connectivity index (χ0) is 15.6. The molecule has 0 atom stereocenters. The van der Waals surface area contributed by atoms with E-state index in [1.807, 2.05) is 0 Å². The van der Waals surface area contributed by atoms with E-state index in [0.717, 1.165) is 18.9 Å². The van der Waals surface area contributed by atoms with Crippen LogP contribution in [0.4, 0.5) is 8.78 Å². The number of ether oxygens (including phenoxy) is 1. The lowest BCUT2D eigenvalue weighted by Gasteiger charge is -2.41. The zero-order valence-electron chi connectivity index (χ0n) is 11.8. The van der Waals surface area contributed by atoms with Crippen LogP contribution in [-0.4, -0.2) is 47.3 Å². The summed E-state index contributed by atoms with van der Waals surface area (Å²) in [6.07, 6.45) is 3.22. The second-order valence-corrected chi connectivity index (χ2v) is 5.36. The second kappa shape index (κ2) is 5.83. The molecule has 5 nitrogen and oxygen atoms in total. The molecule has 0 aromatic carbocycles. The number of aliphatic imine (C=N–C) groups is 1. The average Bonchev–Trinajstić information content (AvgIpc) is 3.19. The van der Waals surface area contributed by atoms with E-state index in [1.165, 1.54) is 4.90 Å². The molecule has 0 amide bonds. The van der Waals surface area contributed by atoms with Gasteiger partial charge in [-0.25, -0.2) is 18.6 Å². The molecule has 1 saturated heterocycles. The number of nitrogens with zero attached hydrogens (tertiary/aromatic N) is 2. The van der Waals surface area contributed by atoms with Crippen LogP contribution in [0.2, 0.25) is 0 Å². The summed E-state index contributed by atoms with van der Waals surface area (Å²) < 4.78 is 31.4. The van der Waals surface area contributed by atoms with E-state index in [2.05, 4.69) is 11.6 Å². The van der Waals surface area contributed by atoms with Crippen molar-refractivity contribution in [3.05, 3.63) is 24.2 Å². The Bertz CT molecular complexity index is 502. The van der Waals surface area contributed by atoms with Crippen LogP contribution in [0, 0.1) is 5.92 Å². The highest BCUT2D eigenvalue weighted by Crippen LogP contribution is 2.33. The van der Waals surface area contributed by atoms with Gasteiger partial charge >= 0.3 is 5.97 Å². The number of allylic oxidation sites excluding steroid dienone is 1. The Labute approximate surface area is 121 Å². The predicted octanol–water partition coefficient (Wildman–Crippen LogP) is 2.26. The van der Waals surface area contributed by atoms with Crippen molar-refractivity contribution in [3.63, 3.8) is 0 Å². The quantitative estimate of drug-likeness (QED) is 0.579. The van der Waals surface area contributed by atoms with Crippen molar-refractivity contribution in [3.8, 4) is 0 Å². The smallest absolute Gasteiger partial charge is 0.354 e. The second-order valence-electron chi connectivity index (χ2n) is 5.36. The molecule has 2 aliphatic rings. The monoisotopic (exact) mass is 300 g/mol. The molecule has 21 heavy (non-hydrogen) atoms. The molecule has 0 unspecified atom stereocenters. The molecule has 2 rings (SSSR count). The number of aliphatic carboxylic acids is 1. The molecule has 2 fully saturated rings. The Kier molecular flexibility index (Phi) is 4.29. The van der Waals surface area contributed by atoms with E-state index < -0.39 is 25.0 Å². The first-order valence-corrected chi connectivity index (χ1v) is 6.73. The van der Waals surface area contributed by atoms with Gasteiger partial charge in [0, 0.05) is 0 Å². The number of hydrogen-bond acceptors (Lipinski definition) is 4. The number of carbonyl (C=O) groups is 1. The molecule has 1 aliphatic carbocycles. The topological polar surface area (TPSA) is 62.1 Å². The van der Waals surface area contributed by atoms with Gasteiger partial charge in [-0.3, -0.25) is 0 Å². The Morgan fingerprint density at radius 3 is 2.57 bits per heavy atom. The average molecular weight is 300 g/mol. The Hall–Kier alpha value is -1.92. The third kappa shape index (κ3) is 4.03. The van der Waals surface area contributed by atoms with Gasteiger partial charge in [-0.2, -0.15) is 0 Å². The van der Waals surface area contributed by atoms with Crippen molar-refractivity contribution in [1.82, 2.24) is 4.90 Å². The first kappa shape index (κ1) is 15.5. The van der Waals surface area contributed by atoms with Crippen LogP contribution in [0.25, 0.3) is 0 Å². The van der Waals surface area contributed by atoms with E-state index in [0.29, 0.717) is 18.2 Å². The van der Waals surface area contributed by atoms with Gasteiger partial charge in [-0.1, -0.05) is 6.58 Å². The molecule has 0 bridgehead atoms. The molecule has 116 valence electrons. The summed E-state index contributed by atoms with van der Waals surface area (Å²) >= 11 is 0. The largest absolute Gasteiger partial charge is 0.477 e. The number of carboxylic acids is 1. The molecular weight excluding hydrogens is 282 g/mol. The maximum Gasteiger partial charge on any atom is 0.354 e. The molecule has 0 aromatic rings. The molecule has 0 radical (unpaired) electrons. The molecule has 1 saturated carbocycles. The van der Waals surface area contributed by atoms with Gasteiger partial charge in [0.15, 0.2) is 5.71 Å².